The number of hydrogen-bond acceptors (Lipinski definition) is 2. The number of hydrogen-bond donors (Lipinski definition) is 0. The predicted octanol–water partition coefficient (Wildman–Crippen LogP) is 4.98. The fourth-order valence-electron chi connectivity index (χ4n) is 4.53. The van der Waals surface area contributed by atoms with Gasteiger partial charge in [-0.1, -0.05) is 84.4 Å². The first-order valence-electron chi connectivity index (χ1n) is 9.90. The highest BCUT2D eigenvalue weighted by Gasteiger charge is 2.34. The minimum atomic E-state index is 0.396. The monoisotopic (exact) mass is 355 g/mol. The summed E-state index contributed by atoms with van der Waals surface area (Å²) in [4.78, 5) is 2.63. The Kier molecular flexibility index (Phi) is 4.52. The highest BCUT2D eigenvalue weighted by Crippen LogP contribution is 2.30. The molecule has 0 radical (unpaired) electrons. The second kappa shape index (κ2) is 7.30. The van der Waals surface area contributed by atoms with Crippen LogP contribution in [0.15, 0.2) is 84.4 Å². The SMILES string of the molecule is C1=C(Cc2ccc3ccccc3c2)CC2COCC1N2Cc1ccccc1. The van der Waals surface area contributed by atoms with Gasteiger partial charge in [0.2, 0.25) is 0 Å². The molecule has 5 rings (SSSR count). The van der Waals surface area contributed by atoms with Gasteiger partial charge >= 0.3 is 0 Å². The summed E-state index contributed by atoms with van der Waals surface area (Å²) in [7, 11) is 0. The number of rotatable bonds is 4. The standard InChI is InChI=1S/C25H25NO/c1-2-6-19(7-3-1)16-26-24-14-21(15-25(26)18-27-17-24)12-20-10-11-22-8-4-5-9-23(22)13-20/h1-11,13-14,24-25H,12,15-18H2. The van der Waals surface area contributed by atoms with E-state index >= 15 is 0 Å². The van der Waals surface area contributed by atoms with Gasteiger partial charge in [0.25, 0.3) is 0 Å². The largest absolute Gasteiger partial charge is 0.378 e. The summed E-state index contributed by atoms with van der Waals surface area (Å²) < 4.78 is 5.87. The van der Waals surface area contributed by atoms with Crippen molar-refractivity contribution in [2.45, 2.75) is 31.5 Å². The van der Waals surface area contributed by atoms with Gasteiger partial charge < -0.3 is 4.74 Å². The van der Waals surface area contributed by atoms with Crippen molar-refractivity contribution in [2.24, 2.45) is 0 Å². The molecule has 0 amide bonds. The van der Waals surface area contributed by atoms with Crippen LogP contribution >= 0.6 is 0 Å². The average Bonchev–Trinajstić information content (AvgIpc) is 2.69. The van der Waals surface area contributed by atoms with Crippen LogP contribution in [0.2, 0.25) is 0 Å². The van der Waals surface area contributed by atoms with E-state index in [1.165, 1.54) is 21.9 Å². The van der Waals surface area contributed by atoms with Crippen molar-refractivity contribution < 1.29 is 4.74 Å². The van der Waals surface area contributed by atoms with Gasteiger partial charge in [-0.15, -0.1) is 0 Å². The molecule has 136 valence electrons. The van der Waals surface area contributed by atoms with Crippen LogP contribution in [0.4, 0.5) is 0 Å². The molecule has 2 atom stereocenters. The molecule has 3 aromatic carbocycles. The van der Waals surface area contributed by atoms with E-state index in [4.69, 9.17) is 4.74 Å². The molecule has 0 aromatic heterocycles. The molecule has 2 heterocycles. The summed E-state index contributed by atoms with van der Waals surface area (Å²) in [6.45, 7) is 2.67. The highest BCUT2D eigenvalue weighted by atomic mass is 16.5. The maximum absolute atomic E-state index is 5.87. The Balaban J connectivity index is 1.36. The van der Waals surface area contributed by atoms with Crippen LogP contribution in [0.25, 0.3) is 10.8 Å². The van der Waals surface area contributed by atoms with E-state index in [9.17, 15) is 0 Å². The Morgan fingerprint density at radius 3 is 2.48 bits per heavy atom. The molecule has 2 heteroatoms. The van der Waals surface area contributed by atoms with Crippen LogP contribution < -0.4 is 0 Å². The van der Waals surface area contributed by atoms with Gasteiger partial charge in [-0.05, 0) is 34.7 Å². The Morgan fingerprint density at radius 2 is 1.63 bits per heavy atom. The Bertz CT molecular complexity index is 962. The van der Waals surface area contributed by atoms with Crippen LogP contribution in [0.3, 0.4) is 0 Å². The minimum absolute atomic E-state index is 0.396. The summed E-state index contributed by atoms with van der Waals surface area (Å²) in [5.41, 5.74) is 4.36. The van der Waals surface area contributed by atoms with E-state index in [0.29, 0.717) is 12.1 Å². The molecule has 3 aromatic rings. The lowest BCUT2D eigenvalue weighted by Gasteiger charge is -2.45. The first-order chi connectivity index (χ1) is 13.3. The van der Waals surface area contributed by atoms with Crippen LogP contribution in [0, 0.1) is 0 Å². The van der Waals surface area contributed by atoms with E-state index < -0.39 is 0 Å². The smallest absolute Gasteiger partial charge is 0.0658 e. The summed E-state index contributed by atoms with van der Waals surface area (Å²) in [5.74, 6) is 0. The Morgan fingerprint density at radius 1 is 0.815 bits per heavy atom. The molecular formula is C25H25NO. The fourth-order valence-corrected chi connectivity index (χ4v) is 4.53. The summed E-state index contributed by atoms with van der Waals surface area (Å²) >= 11 is 0. The molecule has 2 nitrogen and oxygen atoms in total. The summed E-state index contributed by atoms with van der Waals surface area (Å²) in [6, 6.07) is 27.2. The van der Waals surface area contributed by atoms with E-state index in [2.05, 4.69) is 83.8 Å². The zero-order chi connectivity index (χ0) is 18.1. The number of nitrogens with zero attached hydrogens (tertiary/aromatic N) is 1. The van der Waals surface area contributed by atoms with Gasteiger partial charge in [0.05, 0.1) is 19.3 Å². The third-order valence-electron chi connectivity index (χ3n) is 5.87. The van der Waals surface area contributed by atoms with E-state index in [1.807, 2.05) is 0 Å². The van der Waals surface area contributed by atoms with Gasteiger partial charge in [-0.3, -0.25) is 4.90 Å². The van der Waals surface area contributed by atoms with Crippen molar-refractivity contribution in [3.8, 4) is 0 Å². The number of ether oxygens (including phenoxy) is 1. The molecular weight excluding hydrogens is 330 g/mol. The zero-order valence-corrected chi connectivity index (χ0v) is 15.6. The molecule has 2 aliphatic rings. The molecule has 0 N–H and O–H groups in total. The van der Waals surface area contributed by atoms with Crippen LogP contribution in [0.5, 0.6) is 0 Å². The maximum Gasteiger partial charge on any atom is 0.0658 e. The van der Waals surface area contributed by atoms with Crippen molar-refractivity contribution in [1.82, 2.24) is 4.90 Å². The Labute approximate surface area is 161 Å². The van der Waals surface area contributed by atoms with Crippen molar-refractivity contribution in [1.29, 1.82) is 0 Å². The van der Waals surface area contributed by atoms with Crippen molar-refractivity contribution in [3.05, 3.63) is 95.6 Å². The van der Waals surface area contributed by atoms with Crippen LogP contribution in [-0.2, 0) is 17.7 Å². The number of morpholine rings is 1. The quantitative estimate of drug-likeness (QED) is 0.612. The van der Waals surface area contributed by atoms with E-state index in [0.717, 1.165) is 32.6 Å². The third-order valence-corrected chi connectivity index (χ3v) is 5.87. The maximum atomic E-state index is 5.87. The molecule has 27 heavy (non-hydrogen) atoms. The average molecular weight is 355 g/mol. The number of fused-ring (bicyclic) bond motifs is 3. The van der Waals surface area contributed by atoms with Gasteiger partial charge in [0.15, 0.2) is 0 Å². The first-order valence-corrected chi connectivity index (χ1v) is 9.90. The normalized spacial score (nSPS) is 22.6. The summed E-state index contributed by atoms with van der Waals surface area (Å²) in [6.07, 6.45) is 4.63. The molecule has 2 unspecified atom stereocenters. The van der Waals surface area contributed by atoms with Crippen molar-refractivity contribution >= 4 is 10.8 Å². The molecule has 1 saturated heterocycles. The lowest BCUT2D eigenvalue weighted by atomic mass is 9.89. The lowest BCUT2D eigenvalue weighted by molar-refractivity contribution is -0.0440. The first kappa shape index (κ1) is 16.7. The van der Waals surface area contributed by atoms with Gasteiger partial charge in [-0.25, -0.2) is 0 Å². The molecule has 0 spiro atoms. The van der Waals surface area contributed by atoms with E-state index in [-0.39, 0.29) is 0 Å². The topological polar surface area (TPSA) is 12.5 Å². The summed E-state index contributed by atoms with van der Waals surface area (Å²) in [5, 5.41) is 2.65. The molecule has 2 aliphatic heterocycles. The second-order valence-electron chi connectivity index (χ2n) is 7.80. The third kappa shape index (κ3) is 3.55. The zero-order valence-electron chi connectivity index (χ0n) is 15.6. The molecule has 0 saturated carbocycles. The van der Waals surface area contributed by atoms with Gasteiger partial charge in [-0.2, -0.15) is 0 Å². The van der Waals surface area contributed by atoms with E-state index in [1.54, 1.807) is 5.57 Å². The lowest BCUT2D eigenvalue weighted by Crippen LogP contribution is -2.53. The van der Waals surface area contributed by atoms with Crippen molar-refractivity contribution in [3.63, 3.8) is 0 Å². The minimum Gasteiger partial charge on any atom is -0.378 e. The number of benzene rings is 3. The van der Waals surface area contributed by atoms with Gasteiger partial charge in [0, 0.05) is 12.6 Å². The molecule has 0 aliphatic carbocycles. The molecule has 1 fully saturated rings. The predicted molar refractivity (Wildman–Crippen MR) is 111 cm³/mol. The molecule has 2 bridgehead atoms. The highest BCUT2D eigenvalue weighted by molar-refractivity contribution is 5.83. The second-order valence-corrected chi connectivity index (χ2v) is 7.80. The van der Waals surface area contributed by atoms with Crippen molar-refractivity contribution in [2.75, 3.05) is 13.2 Å². The Hall–Kier alpha value is -2.42. The van der Waals surface area contributed by atoms with Crippen LogP contribution in [-0.4, -0.2) is 30.2 Å². The van der Waals surface area contributed by atoms with Crippen LogP contribution in [0.1, 0.15) is 17.5 Å². The van der Waals surface area contributed by atoms with Gasteiger partial charge in [0.1, 0.15) is 0 Å². The fraction of sp³-hybridized carbons (Fsp3) is 0.280.